The van der Waals surface area contributed by atoms with Gasteiger partial charge in [0.05, 0.1) is 22.6 Å². The van der Waals surface area contributed by atoms with E-state index >= 15 is 0 Å². The molecule has 0 spiro atoms. The van der Waals surface area contributed by atoms with Crippen molar-refractivity contribution in [1.82, 2.24) is 10.2 Å². The van der Waals surface area contributed by atoms with Crippen LogP contribution >= 0.6 is 11.6 Å². The maximum absolute atomic E-state index is 6.06. The quantitative estimate of drug-likeness (QED) is 0.755. The summed E-state index contributed by atoms with van der Waals surface area (Å²) < 4.78 is 0. The zero-order valence-electron chi connectivity index (χ0n) is 7.71. The van der Waals surface area contributed by atoms with E-state index < -0.39 is 0 Å². The van der Waals surface area contributed by atoms with Crippen LogP contribution in [0.4, 0.5) is 5.69 Å². The van der Waals surface area contributed by atoms with Gasteiger partial charge in [-0.05, 0) is 19.1 Å². The van der Waals surface area contributed by atoms with Gasteiger partial charge in [0.15, 0.2) is 0 Å². The van der Waals surface area contributed by atoms with E-state index in [9.17, 15) is 0 Å². The summed E-state index contributed by atoms with van der Waals surface area (Å²) in [6.07, 6.45) is 1.58. The van der Waals surface area contributed by atoms with Gasteiger partial charge in [0.2, 0.25) is 0 Å². The summed E-state index contributed by atoms with van der Waals surface area (Å²) in [4.78, 5) is 0. The van der Waals surface area contributed by atoms with Gasteiger partial charge in [0.1, 0.15) is 0 Å². The van der Waals surface area contributed by atoms with Crippen LogP contribution in [-0.4, -0.2) is 10.2 Å². The Bertz CT molecular complexity index is 462. The maximum atomic E-state index is 6.06. The zero-order valence-corrected chi connectivity index (χ0v) is 8.47. The Balaban J connectivity index is 2.62. The highest BCUT2D eigenvalue weighted by Gasteiger charge is 2.08. The molecule has 2 rings (SSSR count). The molecular weight excluding hydrogens is 198 g/mol. The monoisotopic (exact) mass is 207 g/mol. The molecule has 4 heteroatoms. The van der Waals surface area contributed by atoms with E-state index in [1.165, 1.54) is 0 Å². The molecule has 0 atom stereocenters. The third kappa shape index (κ3) is 1.46. The SMILES string of the molecule is Cc1ccc(Cl)c(-c2[nH]ncc2N)c1. The van der Waals surface area contributed by atoms with E-state index in [0.29, 0.717) is 10.7 Å². The number of aromatic amines is 1. The molecular formula is C10H10ClN3. The van der Waals surface area contributed by atoms with Crippen LogP contribution in [0.25, 0.3) is 11.3 Å². The highest BCUT2D eigenvalue weighted by Crippen LogP contribution is 2.30. The number of H-pyrrole nitrogens is 1. The molecule has 2 aromatic rings. The molecule has 0 bridgehead atoms. The fourth-order valence-corrected chi connectivity index (χ4v) is 1.55. The van der Waals surface area contributed by atoms with Crippen molar-refractivity contribution in [3.63, 3.8) is 0 Å². The summed E-state index contributed by atoms with van der Waals surface area (Å²) in [6, 6.07) is 5.79. The van der Waals surface area contributed by atoms with Crippen LogP contribution in [0.3, 0.4) is 0 Å². The topological polar surface area (TPSA) is 54.7 Å². The van der Waals surface area contributed by atoms with Crippen molar-refractivity contribution >= 4 is 17.3 Å². The van der Waals surface area contributed by atoms with E-state index in [0.717, 1.165) is 16.8 Å². The van der Waals surface area contributed by atoms with E-state index in [1.54, 1.807) is 6.20 Å². The summed E-state index contributed by atoms with van der Waals surface area (Å²) in [6.45, 7) is 2.01. The van der Waals surface area contributed by atoms with Gasteiger partial charge in [-0.2, -0.15) is 5.10 Å². The number of hydrogen-bond donors (Lipinski definition) is 2. The summed E-state index contributed by atoms with van der Waals surface area (Å²) in [7, 11) is 0. The molecule has 0 aliphatic heterocycles. The lowest BCUT2D eigenvalue weighted by Crippen LogP contribution is -1.88. The number of nitrogens with two attached hydrogens (primary N) is 1. The minimum absolute atomic E-state index is 0.609. The Labute approximate surface area is 86.9 Å². The van der Waals surface area contributed by atoms with Gasteiger partial charge in [-0.15, -0.1) is 0 Å². The number of nitrogen functional groups attached to an aromatic ring is 1. The molecule has 1 heterocycles. The van der Waals surface area contributed by atoms with Crippen LogP contribution in [0.5, 0.6) is 0 Å². The van der Waals surface area contributed by atoms with E-state index in [4.69, 9.17) is 17.3 Å². The molecule has 0 aliphatic rings. The average Bonchev–Trinajstić information content (AvgIpc) is 2.56. The molecule has 0 saturated heterocycles. The van der Waals surface area contributed by atoms with Crippen LogP contribution in [0.2, 0.25) is 5.02 Å². The molecule has 72 valence electrons. The molecule has 0 aliphatic carbocycles. The highest BCUT2D eigenvalue weighted by molar-refractivity contribution is 6.33. The largest absolute Gasteiger partial charge is 0.396 e. The predicted molar refractivity (Wildman–Crippen MR) is 58.2 cm³/mol. The van der Waals surface area contributed by atoms with Crippen molar-refractivity contribution in [1.29, 1.82) is 0 Å². The van der Waals surface area contributed by atoms with Crippen molar-refractivity contribution < 1.29 is 0 Å². The fraction of sp³-hybridized carbons (Fsp3) is 0.100. The average molecular weight is 208 g/mol. The van der Waals surface area contributed by atoms with Gasteiger partial charge in [-0.3, -0.25) is 5.10 Å². The van der Waals surface area contributed by atoms with Crippen LogP contribution in [0.1, 0.15) is 5.56 Å². The number of halogens is 1. The molecule has 0 unspecified atom stereocenters. The third-order valence-electron chi connectivity index (χ3n) is 2.06. The first kappa shape index (κ1) is 9.09. The van der Waals surface area contributed by atoms with Crippen LogP contribution in [0, 0.1) is 6.92 Å². The van der Waals surface area contributed by atoms with Crippen molar-refractivity contribution in [3.8, 4) is 11.3 Å². The molecule has 3 nitrogen and oxygen atoms in total. The smallest absolute Gasteiger partial charge is 0.0895 e. The normalized spacial score (nSPS) is 10.4. The van der Waals surface area contributed by atoms with E-state index in [2.05, 4.69) is 10.2 Å². The van der Waals surface area contributed by atoms with Crippen molar-refractivity contribution in [3.05, 3.63) is 35.0 Å². The number of benzene rings is 1. The summed E-state index contributed by atoms with van der Waals surface area (Å²) in [5, 5.41) is 7.36. The number of nitrogens with one attached hydrogen (secondary N) is 1. The molecule has 14 heavy (non-hydrogen) atoms. The molecule has 0 amide bonds. The molecule has 1 aromatic carbocycles. The van der Waals surface area contributed by atoms with Gasteiger partial charge in [0.25, 0.3) is 0 Å². The van der Waals surface area contributed by atoms with Gasteiger partial charge in [-0.1, -0.05) is 23.2 Å². The second kappa shape index (κ2) is 3.35. The minimum atomic E-state index is 0.609. The number of nitrogens with zero attached hydrogens (tertiary/aromatic N) is 1. The fourth-order valence-electron chi connectivity index (χ4n) is 1.34. The summed E-state index contributed by atoms with van der Waals surface area (Å²) >= 11 is 6.06. The lowest BCUT2D eigenvalue weighted by molar-refractivity contribution is 1.09. The first-order valence-electron chi connectivity index (χ1n) is 4.24. The Morgan fingerprint density at radius 1 is 1.43 bits per heavy atom. The molecule has 0 radical (unpaired) electrons. The lowest BCUT2D eigenvalue weighted by atomic mass is 10.1. The molecule has 0 fully saturated rings. The maximum Gasteiger partial charge on any atom is 0.0895 e. The number of aryl methyl sites for hydroxylation is 1. The zero-order chi connectivity index (χ0) is 10.1. The standard InChI is InChI=1S/C10H10ClN3/c1-6-2-3-8(11)7(4-6)10-9(12)5-13-14-10/h2-5H,12H2,1H3,(H,13,14). The number of rotatable bonds is 1. The third-order valence-corrected chi connectivity index (χ3v) is 2.39. The Hall–Kier alpha value is -1.48. The second-order valence-corrected chi connectivity index (χ2v) is 3.59. The Kier molecular flexibility index (Phi) is 2.17. The summed E-state index contributed by atoms with van der Waals surface area (Å²) in [5.41, 5.74) is 9.15. The molecule has 3 N–H and O–H groups in total. The van der Waals surface area contributed by atoms with Crippen LogP contribution in [-0.2, 0) is 0 Å². The van der Waals surface area contributed by atoms with E-state index in [1.807, 2.05) is 25.1 Å². The number of anilines is 1. The van der Waals surface area contributed by atoms with E-state index in [-0.39, 0.29) is 0 Å². The predicted octanol–water partition coefficient (Wildman–Crippen LogP) is 2.62. The minimum Gasteiger partial charge on any atom is -0.396 e. The van der Waals surface area contributed by atoms with Crippen molar-refractivity contribution in [2.75, 3.05) is 5.73 Å². The van der Waals surface area contributed by atoms with Crippen LogP contribution in [0.15, 0.2) is 24.4 Å². The first-order valence-corrected chi connectivity index (χ1v) is 4.61. The van der Waals surface area contributed by atoms with Crippen LogP contribution < -0.4 is 5.73 Å². The van der Waals surface area contributed by atoms with Crippen molar-refractivity contribution in [2.24, 2.45) is 0 Å². The Morgan fingerprint density at radius 3 is 2.86 bits per heavy atom. The Morgan fingerprint density at radius 2 is 2.21 bits per heavy atom. The lowest BCUT2D eigenvalue weighted by Gasteiger charge is -2.03. The summed E-state index contributed by atoms with van der Waals surface area (Å²) in [5.74, 6) is 0. The highest BCUT2D eigenvalue weighted by atomic mass is 35.5. The number of aromatic nitrogens is 2. The van der Waals surface area contributed by atoms with Gasteiger partial charge >= 0.3 is 0 Å². The van der Waals surface area contributed by atoms with Gasteiger partial charge in [-0.25, -0.2) is 0 Å². The van der Waals surface area contributed by atoms with Gasteiger partial charge < -0.3 is 5.73 Å². The second-order valence-electron chi connectivity index (χ2n) is 3.18. The van der Waals surface area contributed by atoms with Crippen molar-refractivity contribution in [2.45, 2.75) is 6.92 Å². The first-order chi connectivity index (χ1) is 6.68. The number of hydrogen-bond acceptors (Lipinski definition) is 2. The van der Waals surface area contributed by atoms with Gasteiger partial charge in [0, 0.05) is 5.56 Å². The molecule has 0 saturated carbocycles. The molecule has 1 aromatic heterocycles.